The lowest BCUT2D eigenvalue weighted by atomic mass is 9.93. The van der Waals surface area contributed by atoms with Gasteiger partial charge in [-0.1, -0.05) is 37.3 Å². The fourth-order valence-corrected chi connectivity index (χ4v) is 3.42. The lowest BCUT2D eigenvalue weighted by molar-refractivity contribution is -0.131. The number of carboxylic acid groups (broad SMARTS) is 1. The summed E-state index contributed by atoms with van der Waals surface area (Å²) in [5.41, 5.74) is 1.20. The second kappa shape index (κ2) is 12.1. The number of methoxy groups -OCH3 is 2. The summed E-state index contributed by atoms with van der Waals surface area (Å²) in [5, 5.41) is 8.89. The molecular formula is C23H30O7. The molecule has 1 aromatic rings. The van der Waals surface area contributed by atoms with Crippen molar-refractivity contribution in [2.75, 3.05) is 21.0 Å². The van der Waals surface area contributed by atoms with Gasteiger partial charge in [0.25, 0.3) is 0 Å². The molecule has 0 aromatic heterocycles. The van der Waals surface area contributed by atoms with Gasteiger partial charge in [-0.2, -0.15) is 0 Å². The second-order valence-electron chi connectivity index (χ2n) is 7.23. The Morgan fingerprint density at radius 2 is 2.10 bits per heavy atom. The van der Waals surface area contributed by atoms with E-state index in [2.05, 4.69) is 13.0 Å². The van der Waals surface area contributed by atoms with Gasteiger partial charge in [-0.15, -0.1) is 0 Å². The summed E-state index contributed by atoms with van der Waals surface area (Å²) in [6.45, 7) is 2.19. The molecule has 1 aliphatic rings. The van der Waals surface area contributed by atoms with Crippen LogP contribution in [0.15, 0.2) is 42.5 Å². The van der Waals surface area contributed by atoms with Crippen LogP contribution in [0.3, 0.4) is 0 Å². The summed E-state index contributed by atoms with van der Waals surface area (Å²) >= 11 is 0. The number of benzene rings is 1. The van der Waals surface area contributed by atoms with E-state index in [9.17, 15) is 9.59 Å². The highest BCUT2D eigenvalue weighted by Crippen LogP contribution is 2.28. The molecule has 164 valence electrons. The SMILES string of the molecule is COCOC1CC(C/C=C/C(=O)O)OC(=O)c2c(cccc2OC)C/C=C/CC1C. The van der Waals surface area contributed by atoms with Crippen molar-refractivity contribution in [2.24, 2.45) is 5.92 Å². The molecule has 0 fully saturated rings. The minimum atomic E-state index is -1.05. The highest BCUT2D eigenvalue weighted by molar-refractivity contribution is 5.94. The van der Waals surface area contributed by atoms with E-state index in [0.29, 0.717) is 24.2 Å². The minimum Gasteiger partial charge on any atom is -0.496 e. The number of carbonyl (C=O) groups excluding carboxylic acids is 1. The molecule has 0 spiro atoms. The van der Waals surface area contributed by atoms with E-state index >= 15 is 0 Å². The average molecular weight is 418 g/mol. The number of fused-ring (bicyclic) bond motifs is 1. The first-order valence-corrected chi connectivity index (χ1v) is 9.98. The Hall–Kier alpha value is -2.64. The van der Waals surface area contributed by atoms with E-state index in [1.165, 1.54) is 13.2 Å². The number of aliphatic carboxylic acids is 1. The molecule has 3 atom stereocenters. The van der Waals surface area contributed by atoms with Crippen LogP contribution in [0.2, 0.25) is 0 Å². The molecule has 0 saturated carbocycles. The van der Waals surface area contributed by atoms with Crippen molar-refractivity contribution >= 4 is 11.9 Å². The van der Waals surface area contributed by atoms with Crippen LogP contribution in [0.5, 0.6) is 5.75 Å². The molecule has 0 radical (unpaired) electrons. The minimum absolute atomic E-state index is 0.126. The van der Waals surface area contributed by atoms with Gasteiger partial charge in [0.15, 0.2) is 0 Å². The topological polar surface area (TPSA) is 91.3 Å². The van der Waals surface area contributed by atoms with Crippen LogP contribution in [0.25, 0.3) is 0 Å². The van der Waals surface area contributed by atoms with Gasteiger partial charge in [-0.3, -0.25) is 0 Å². The van der Waals surface area contributed by atoms with Crippen molar-refractivity contribution in [1.82, 2.24) is 0 Å². The summed E-state index contributed by atoms with van der Waals surface area (Å²) in [4.78, 5) is 23.9. The highest BCUT2D eigenvalue weighted by Gasteiger charge is 2.27. The predicted octanol–water partition coefficient (Wildman–Crippen LogP) is 3.77. The molecule has 0 aliphatic carbocycles. The maximum absolute atomic E-state index is 13.1. The first-order valence-electron chi connectivity index (χ1n) is 9.98. The summed E-state index contributed by atoms with van der Waals surface area (Å²) in [7, 11) is 3.06. The predicted molar refractivity (Wildman–Crippen MR) is 112 cm³/mol. The molecule has 30 heavy (non-hydrogen) atoms. The maximum Gasteiger partial charge on any atom is 0.342 e. The van der Waals surface area contributed by atoms with Gasteiger partial charge in [-0.05, 0) is 30.4 Å². The lowest BCUT2D eigenvalue weighted by Gasteiger charge is -2.28. The van der Waals surface area contributed by atoms with Crippen LogP contribution in [0, 0.1) is 5.92 Å². The molecule has 1 heterocycles. The standard InChI is InChI=1S/C23H30O7/c1-16-8-4-5-9-17-10-6-12-19(28-3)22(17)23(26)30-18(11-7-13-21(24)25)14-20(16)29-15-27-2/h4-7,10,12-13,16,18,20H,8-9,11,14-15H2,1-3H3,(H,24,25)/b5-4+,13-7+. The highest BCUT2D eigenvalue weighted by atomic mass is 16.7. The molecule has 1 N–H and O–H groups in total. The summed E-state index contributed by atoms with van der Waals surface area (Å²) in [5.74, 6) is -0.941. The van der Waals surface area contributed by atoms with Crippen molar-refractivity contribution in [3.63, 3.8) is 0 Å². The van der Waals surface area contributed by atoms with Crippen molar-refractivity contribution in [3.8, 4) is 5.75 Å². The molecule has 7 heteroatoms. The van der Waals surface area contributed by atoms with Crippen LogP contribution in [0.1, 0.15) is 42.1 Å². The molecule has 7 nitrogen and oxygen atoms in total. The number of hydrogen-bond acceptors (Lipinski definition) is 6. The molecule has 0 bridgehead atoms. The number of carboxylic acids is 1. The molecule has 0 saturated heterocycles. The molecule has 2 rings (SSSR count). The number of allylic oxidation sites excluding steroid dienone is 2. The van der Waals surface area contributed by atoms with Crippen molar-refractivity contribution in [2.45, 2.75) is 44.8 Å². The summed E-state index contributed by atoms with van der Waals surface area (Å²) in [6.07, 6.45) is 7.93. The molecule has 1 aliphatic heterocycles. The smallest absolute Gasteiger partial charge is 0.342 e. The third-order valence-electron chi connectivity index (χ3n) is 5.01. The third-order valence-corrected chi connectivity index (χ3v) is 5.01. The summed E-state index contributed by atoms with van der Waals surface area (Å²) < 4.78 is 22.1. The van der Waals surface area contributed by atoms with E-state index in [4.69, 9.17) is 24.1 Å². The van der Waals surface area contributed by atoms with Crippen LogP contribution in [-0.2, 0) is 25.4 Å². The quantitative estimate of drug-likeness (QED) is 0.312. The Kier molecular flexibility index (Phi) is 9.57. The Bertz CT molecular complexity index is 769. The zero-order valence-electron chi connectivity index (χ0n) is 17.7. The second-order valence-corrected chi connectivity index (χ2v) is 7.23. The molecular weight excluding hydrogens is 388 g/mol. The van der Waals surface area contributed by atoms with E-state index in [-0.39, 0.29) is 25.2 Å². The normalized spacial score (nSPS) is 23.7. The number of rotatable bonds is 7. The van der Waals surface area contributed by atoms with Gasteiger partial charge in [0.05, 0.1) is 13.2 Å². The first-order chi connectivity index (χ1) is 14.5. The molecule has 3 unspecified atom stereocenters. The molecule has 1 aromatic carbocycles. The Morgan fingerprint density at radius 1 is 1.30 bits per heavy atom. The number of ether oxygens (including phenoxy) is 4. The Labute approximate surface area is 177 Å². The lowest BCUT2D eigenvalue weighted by Crippen LogP contribution is -2.31. The fourth-order valence-electron chi connectivity index (χ4n) is 3.42. The monoisotopic (exact) mass is 418 g/mol. The maximum atomic E-state index is 13.1. The zero-order valence-corrected chi connectivity index (χ0v) is 17.7. The van der Waals surface area contributed by atoms with Gasteiger partial charge < -0.3 is 24.1 Å². The Morgan fingerprint density at radius 3 is 2.80 bits per heavy atom. The largest absolute Gasteiger partial charge is 0.496 e. The van der Waals surface area contributed by atoms with Crippen LogP contribution >= 0.6 is 0 Å². The first kappa shape index (κ1) is 23.6. The van der Waals surface area contributed by atoms with Crippen LogP contribution in [-0.4, -0.2) is 50.3 Å². The fraction of sp³-hybridized carbons (Fsp3) is 0.478. The number of cyclic esters (lactones) is 1. The van der Waals surface area contributed by atoms with Crippen molar-refractivity contribution < 1.29 is 33.6 Å². The van der Waals surface area contributed by atoms with E-state index < -0.39 is 18.0 Å². The Balaban J connectivity index is 2.37. The molecule has 0 amide bonds. The van der Waals surface area contributed by atoms with Gasteiger partial charge in [0, 0.05) is 26.0 Å². The summed E-state index contributed by atoms with van der Waals surface area (Å²) in [6, 6.07) is 5.44. The van der Waals surface area contributed by atoms with Crippen LogP contribution < -0.4 is 4.74 Å². The van der Waals surface area contributed by atoms with Gasteiger partial charge in [-0.25, -0.2) is 9.59 Å². The van der Waals surface area contributed by atoms with E-state index in [1.807, 2.05) is 18.2 Å². The average Bonchev–Trinajstić information content (AvgIpc) is 2.72. The van der Waals surface area contributed by atoms with E-state index in [1.54, 1.807) is 13.2 Å². The number of esters is 1. The van der Waals surface area contributed by atoms with Crippen LogP contribution in [0.4, 0.5) is 0 Å². The van der Waals surface area contributed by atoms with Gasteiger partial charge >= 0.3 is 11.9 Å². The van der Waals surface area contributed by atoms with E-state index in [0.717, 1.165) is 18.1 Å². The number of hydrogen-bond donors (Lipinski definition) is 1. The van der Waals surface area contributed by atoms with Crippen molar-refractivity contribution in [1.29, 1.82) is 0 Å². The number of carbonyl (C=O) groups is 2. The van der Waals surface area contributed by atoms with Gasteiger partial charge in [0.1, 0.15) is 24.2 Å². The zero-order chi connectivity index (χ0) is 21.9. The van der Waals surface area contributed by atoms with Crippen molar-refractivity contribution in [3.05, 3.63) is 53.6 Å². The third kappa shape index (κ3) is 7.00. The van der Waals surface area contributed by atoms with Gasteiger partial charge in [0.2, 0.25) is 0 Å².